The summed E-state index contributed by atoms with van der Waals surface area (Å²) in [5, 5.41) is 17.4. The average molecular weight is 273 g/mol. The number of nitrogen functional groups attached to an aromatic ring is 1. The van der Waals surface area contributed by atoms with E-state index in [-0.39, 0.29) is 5.75 Å². The second kappa shape index (κ2) is 5.92. The minimum atomic E-state index is 0.173. The molecule has 3 N–H and O–H groups in total. The van der Waals surface area contributed by atoms with Crippen molar-refractivity contribution in [3.63, 3.8) is 0 Å². The van der Waals surface area contributed by atoms with E-state index < -0.39 is 0 Å². The second-order valence-electron chi connectivity index (χ2n) is 3.99. The number of phenols is 1. The van der Waals surface area contributed by atoms with Crippen LogP contribution in [0.2, 0.25) is 0 Å². The maximum absolute atomic E-state index is 9.20. The van der Waals surface area contributed by atoms with Gasteiger partial charge in [-0.1, -0.05) is 0 Å². The van der Waals surface area contributed by atoms with E-state index in [2.05, 4.69) is 10.2 Å². The molecule has 0 fully saturated rings. The van der Waals surface area contributed by atoms with Crippen LogP contribution in [0.5, 0.6) is 17.2 Å². The molecular formula is C14H15N3O3. The highest BCUT2D eigenvalue weighted by Crippen LogP contribution is 2.38. The summed E-state index contributed by atoms with van der Waals surface area (Å²) in [5.74, 6) is 1.18. The molecule has 2 rings (SSSR count). The van der Waals surface area contributed by atoms with Gasteiger partial charge in [0.15, 0.2) is 5.75 Å². The molecule has 20 heavy (non-hydrogen) atoms. The van der Waals surface area contributed by atoms with Crippen LogP contribution < -0.4 is 15.2 Å². The Bertz CT molecular complexity index is 624. The van der Waals surface area contributed by atoms with Crippen LogP contribution in [-0.2, 0) is 0 Å². The Balaban J connectivity index is 2.36. The van der Waals surface area contributed by atoms with E-state index in [1.807, 2.05) is 0 Å². The van der Waals surface area contributed by atoms with Crippen molar-refractivity contribution in [2.75, 3.05) is 20.0 Å². The van der Waals surface area contributed by atoms with E-state index >= 15 is 0 Å². The number of anilines is 1. The van der Waals surface area contributed by atoms with Gasteiger partial charge in [-0.05, 0) is 24.3 Å². The van der Waals surface area contributed by atoms with E-state index in [0.717, 1.165) is 0 Å². The molecule has 104 valence electrons. The molecule has 6 nitrogen and oxygen atoms in total. The number of nitrogens with zero attached hydrogens (tertiary/aromatic N) is 2. The largest absolute Gasteiger partial charge is 0.508 e. The first-order valence-electron chi connectivity index (χ1n) is 5.86. The lowest BCUT2D eigenvalue weighted by molar-refractivity contribution is 0.406. The lowest BCUT2D eigenvalue weighted by Crippen LogP contribution is -1.94. The summed E-state index contributed by atoms with van der Waals surface area (Å²) in [7, 11) is 3.06. The minimum absolute atomic E-state index is 0.173. The first-order chi connectivity index (χ1) is 9.63. The van der Waals surface area contributed by atoms with Gasteiger partial charge in [0.05, 0.1) is 25.6 Å². The average Bonchev–Trinajstić information content (AvgIpc) is 2.46. The van der Waals surface area contributed by atoms with Crippen LogP contribution in [-0.4, -0.2) is 19.3 Å². The zero-order chi connectivity index (χ0) is 14.5. The lowest BCUT2D eigenvalue weighted by atomic mass is 10.2. The molecule has 6 heteroatoms. The number of rotatable bonds is 4. The van der Waals surface area contributed by atoms with Crippen LogP contribution in [0.3, 0.4) is 0 Å². The van der Waals surface area contributed by atoms with Gasteiger partial charge in [-0.2, -0.15) is 5.11 Å². The van der Waals surface area contributed by atoms with Crippen LogP contribution in [0.4, 0.5) is 17.1 Å². The number of nitrogens with two attached hydrogens (primary N) is 1. The Labute approximate surface area is 116 Å². The highest BCUT2D eigenvalue weighted by Gasteiger charge is 2.09. The molecule has 0 amide bonds. The second-order valence-corrected chi connectivity index (χ2v) is 3.99. The number of azo groups is 1. The molecule has 2 aromatic rings. The van der Waals surface area contributed by atoms with Crippen molar-refractivity contribution in [1.29, 1.82) is 0 Å². The van der Waals surface area contributed by atoms with Crippen LogP contribution >= 0.6 is 0 Å². The number of methoxy groups -OCH3 is 2. The fourth-order valence-corrected chi connectivity index (χ4v) is 1.65. The standard InChI is InChI=1S/C14H15N3O3/c1-19-11-7-12(15)14(20-2)13(8-11)17-16-9-3-5-10(18)6-4-9/h3-8,18H,15H2,1-2H3. The molecule has 0 saturated heterocycles. The molecule has 0 aliphatic heterocycles. The summed E-state index contributed by atoms with van der Waals surface area (Å²) in [6.45, 7) is 0. The Kier molecular flexibility index (Phi) is 4.05. The molecule has 0 atom stereocenters. The first-order valence-corrected chi connectivity index (χ1v) is 5.86. The van der Waals surface area contributed by atoms with E-state index in [9.17, 15) is 5.11 Å². The van der Waals surface area contributed by atoms with Gasteiger partial charge in [0.2, 0.25) is 0 Å². The van der Waals surface area contributed by atoms with Gasteiger partial charge in [0.25, 0.3) is 0 Å². The third-order valence-corrected chi connectivity index (χ3v) is 2.63. The quantitative estimate of drug-likeness (QED) is 0.659. The Morgan fingerprint density at radius 1 is 1.00 bits per heavy atom. The van der Waals surface area contributed by atoms with Crippen molar-refractivity contribution in [3.8, 4) is 17.2 Å². The Morgan fingerprint density at radius 2 is 1.70 bits per heavy atom. The van der Waals surface area contributed by atoms with Crippen molar-refractivity contribution in [2.24, 2.45) is 10.2 Å². The van der Waals surface area contributed by atoms with Crippen LogP contribution in [0.25, 0.3) is 0 Å². The van der Waals surface area contributed by atoms with Gasteiger partial charge in [-0.15, -0.1) is 5.11 Å². The third kappa shape index (κ3) is 2.97. The number of aromatic hydroxyl groups is 1. The first kappa shape index (κ1) is 13.7. The predicted octanol–water partition coefficient (Wildman–Crippen LogP) is 3.41. The molecular weight excluding hydrogens is 258 g/mol. The molecule has 2 aromatic carbocycles. The number of hydrogen-bond acceptors (Lipinski definition) is 6. The smallest absolute Gasteiger partial charge is 0.169 e. The molecule has 0 unspecified atom stereocenters. The van der Waals surface area contributed by atoms with Crippen molar-refractivity contribution in [1.82, 2.24) is 0 Å². The minimum Gasteiger partial charge on any atom is -0.508 e. The molecule has 0 aliphatic rings. The third-order valence-electron chi connectivity index (χ3n) is 2.63. The van der Waals surface area contributed by atoms with Gasteiger partial charge >= 0.3 is 0 Å². The number of hydrogen-bond donors (Lipinski definition) is 2. The summed E-state index contributed by atoms with van der Waals surface area (Å²) < 4.78 is 10.3. The zero-order valence-electron chi connectivity index (χ0n) is 11.2. The van der Waals surface area contributed by atoms with Gasteiger partial charge in [0.1, 0.15) is 17.2 Å². The van der Waals surface area contributed by atoms with Gasteiger partial charge < -0.3 is 20.3 Å². The fourth-order valence-electron chi connectivity index (χ4n) is 1.65. The predicted molar refractivity (Wildman–Crippen MR) is 76.2 cm³/mol. The van der Waals surface area contributed by atoms with E-state index in [1.165, 1.54) is 19.2 Å². The van der Waals surface area contributed by atoms with E-state index in [4.69, 9.17) is 15.2 Å². The van der Waals surface area contributed by atoms with Crippen molar-refractivity contribution < 1.29 is 14.6 Å². The summed E-state index contributed by atoms with van der Waals surface area (Å²) in [4.78, 5) is 0. The zero-order valence-corrected chi connectivity index (χ0v) is 11.2. The van der Waals surface area contributed by atoms with Crippen LogP contribution in [0, 0.1) is 0 Å². The summed E-state index contributed by atoms with van der Waals surface area (Å²) in [6.07, 6.45) is 0. The summed E-state index contributed by atoms with van der Waals surface area (Å²) >= 11 is 0. The van der Waals surface area contributed by atoms with Crippen molar-refractivity contribution >= 4 is 17.1 Å². The topological polar surface area (TPSA) is 89.4 Å². The van der Waals surface area contributed by atoms with Crippen molar-refractivity contribution in [3.05, 3.63) is 36.4 Å². The summed E-state index contributed by atoms with van der Waals surface area (Å²) in [5.41, 5.74) is 7.35. The molecule has 0 spiro atoms. The SMILES string of the molecule is COc1cc(N)c(OC)c(N=Nc2ccc(O)cc2)c1. The number of ether oxygens (including phenoxy) is 2. The maximum Gasteiger partial charge on any atom is 0.169 e. The molecule has 0 bridgehead atoms. The highest BCUT2D eigenvalue weighted by molar-refractivity contribution is 5.69. The molecule has 0 heterocycles. The van der Waals surface area contributed by atoms with Crippen LogP contribution in [0.1, 0.15) is 0 Å². The van der Waals surface area contributed by atoms with Gasteiger partial charge in [-0.25, -0.2) is 0 Å². The number of phenolic OH excluding ortho intramolecular Hbond substituents is 1. The highest BCUT2D eigenvalue weighted by atomic mass is 16.5. The summed E-state index contributed by atoms with van der Waals surface area (Å²) in [6, 6.07) is 9.69. The molecule has 0 radical (unpaired) electrons. The number of benzene rings is 2. The van der Waals surface area contributed by atoms with Gasteiger partial charge in [-0.3, -0.25) is 0 Å². The van der Waals surface area contributed by atoms with E-state index in [1.54, 1.807) is 31.4 Å². The normalized spacial score (nSPS) is 10.7. The van der Waals surface area contributed by atoms with Crippen molar-refractivity contribution in [2.45, 2.75) is 0 Å². The maximum atomic E-state index is 9.20. The fraction of sp³-hybridized carbons (Fsp3) is 0.143. The van der Waals surface area contributed by atoms with Crippen LogP contribution in [0.15, 0.2) is 46.6 Å². The molecule has 0 aliphatic carbocycles. The lowest BCUT2D eigenvalue weighted by Gasteiger charge is -2.09. The van der Waals surface area contributed by atoms with Gasteiger partial charge in [0, 0.05) is 12.1 Å². The molecule has 0 aromatic heterocycles. The Hall–Kier alpha value is -2.76. The van der Waals surface area contributed by atoms with E-state index in [0.29, 0.717) is 28.6 Å². The molecule has 0 saturated carbocycles. The monoisotopic (exact) mass is 273 g/mol. The Morgan fingerprint density at radius 3 is 2.30 bits per heavy atom.